The Morgan fingerprint density at radius 3 is 2.44 bits per heavy atom. The van der Waals surface area contributed by atoms with Gasteiger partial charge in [0.15, 0.2) is 0 Å². The zero-order chi connectivity index (χ0) is 13.1. The maximum atomic E-state index is 4.54. The van der Waals surface area contributed by atoms with E-state index in [1.54, 1.807) is 0 Å². The second kappa shape index (κ2) is 6.06. The lowest BCUT2D eigenvalue weighted by Gasteiger charge is -2.36. The van der Waals surface area contributed by atoms with E-state index < -0.39 is 0 Å². The Kier molecular flexibility index (Phi) is 4.67. The Hall–Kier alpha value is -0.550. The van der Waals surface area contributed by atoms with Crippen molar-refractivity contribution < 1.29 is 0 Å². The molecule has 0 unspecified atom stereocenters. The molecule has 0 saturated carbocycles. The van der Waals surface area contributed by atoms with Gasteiger partial charge in [-0.05, 0) is 19.9 Å². The number of hydrogen-bond donors (Lipinski definition) is 0. The first-order chi connectivity index (χ1) is 8.67. The molecule has 0 spiro atoms. The molecule has 1 aliphatic heterocycles. The Morgan fingerprint density at radius 1 is 1.22 bits per heavy atom. The molecule has 1 saturated heterocycles. The van der Waals surface area contributed by atoms with Crippen LogP contribution in [-0.2, 0) is 12.4 Å². The summed E-state index contributed by atoms with van der Waals surface area (Å²) in [5.41, 5.74) is 2.47. The van der Waals surface area contributed by atoms with Crippen molar-refractivity contribution in [3.63, 3.8) is 0 Å². The summed E-state index contributed by atoms with van der Waals surface area (Å²) in [6.07, 6.45) is 1.25. The van der Waals surface area contributed by atoms with E-state index in [0.717, 1.165) is 24.1 Å². The zero-order valence-corrected chi connectivity index (χ0v) is 13.2. The Labute approximate surface area is 118 Å². The molecule has 0 bridgehead atoms. The van der Waals surface area contributed by atoms with E-state index in [-0.39, 0.29) is 0 Å². The van der Waals surface area contributed by atoms with Crippen LogP contribution in [0.3, 0.4) is 0 Å². The highest BCUT2D eigenvalue weighted by atomic mass is 79.9. The van der Waals surface area contributed by atoms with Crippen LogP contribution in [0.25, 0.3) is 0 Å². The number of aromatic nitrogens is 2. The fourth-order valence-corrected chi connectivity index (χ4v) is 3.40. The van der Waals surface area contributed by atoms with E-state index in [1.165, 1.54) is 37.4 Å². The molecule has 0 amide bonds. The lowest BCUT2D eigenvalue weighted by atomic mass is 10.2. The number of nitrogens with zero attached hydrogens (tertiary/aromatic N) is 4. The molecule has 102 valence electrons. The summed E-state index contributed by atoms with van der Waals surface area (Å²) in [5.74, 6) is 1.29. The second-order valence-corrected chi connectivity index (χ2v) is 5.53. The van der Waals surface area contributed by atoms with Crippen molar-refractivity contribution in [2.45, 2.75) is 25.6 Å². The third-order valence-corrected chi connectivity index (χ3v) is 4.22. The van der Waals surface area contributed by atoms with Gasteiger partial charge in [0.05, 0.1) is 5.69 Å². The fourth-order valence-electron chi connectivity index (χ4n) is 2.74. The molecule has 1 aliphatic rings. The number of rotatable bonds is 4. The number of halogens is 1. The maximum absolute atomic E-state index is 4.54. The van der Waals surface area contributed by atoms with Crippen LogP contribution in [0.1, 0.15) is 24.6 Å². The molecule has 2 heterocycles. The van der Waals surface area contributed by atoms with Gasteiger partial charge in [0, 0.05) is 44.1 Å². The minimum absolute atomic E-state index is 0.886. The summed E-state index contributed by atoms with van der Waals surface area (Å²) in [5, 5.41) is 5.43. The van der Waals surface area contributed by atoms with Gasteiger partial charge < -0.3 is 4.90 Å². The molecule has 1 aromatic rings. The summed E-state index contributed by atoms with van der Waals surface area (Å²) < 4.78 is 2.03. The van der Waals surface area contributed by atoms with Crippen molar-refractivity contribution in [2.75, 3.05) is 37.6 Å². The second-order valence-electron chi connectivity index (χ2n) is 4.97. The lowest BCUT2D eigenvalue weighted by molar-refractivity contribution is 0.257. The Balaban J connectivity index is 2.09. The normalized spacial score (nSPS) is 17.4. The standard InChI is InChI=1S/C13H23BrN4/c1-4-5-17-6-8-18(9-7-17)13-12(10-14)11(2)15-16(13)3/h4-10H2,1-3H3. The highest BCUT2D eigenvalue weighted by Gasteiger charge is 2.22. The van der Waals surface area contributed by atoms with Gasteiger partial charge in [0.1, 0.15) is 5.82 Å². The zero-order valence-electron chi connectivity index (χ0n) is 11.6. The number of aryl methyl sites for hydroxylation is 2. The van der Waals surface area contributed by atoms with Crippen molar-refractivity contribution >= 4 is 21.7 Å². The molecular weight excluding hydrogens is 292 g/mol. The number of anilines is 1. The predicted molar refractivity (Wildman–Crippen MR) is 79.5 cm³/mol. The molecule has 0 radical (unpaired) electrons. The third-order valence-electron chi connectivity index (χ3n) is 3.66. The van der Waals surface area contributed by atoms with E-state index in [2.05, 4.69) is 44.7 Å². The summed E-state index contributed by atoms with van der Waals surface area (Å²) in [6.45, 7) is 10.1. The van der Waals surface area contributed by atoms with Gasteiger partial charge in [-0.25, -0.2) is 0 Å². The smallest absolute Gasteiger partial charge is 0.130 e. The molecule has 4 nitrogen and oxygen atoms in total. The Morgan fingerprint density at radius 2 is 1.89 bits per heavy atom. The van der Waals surface area contributed by atoms with E-state index >= 15 is 0 Å². The van der Waals surface area contributed by atoms with Crippen LogP contribution in [0.2, 0.25) is 0 Å². The van der Waals surface area contributed by atoms with Gasteiger partial charge in [0.25, 0.3) is 0 Å². The van der Waals surface area contributed by atoms with Crippen molar-refractivity contribution in [1.29, 1.82) is 0 Å². The SMILES string of the molecule is CCCN1CCN(c2c(CBr)c(C)nn2C)CC1. The molecule has 1 aromatic heterocycles. The van der Waals surface area contributed by atoms with Gasteiger partial charge in [0.2, 0.25) is 0 Å². The Bertz CT molecular complexity index is 394. The van der Waals surface area contributed by atoms with E-state index in [4.69, 9.17) is 0 Å². The van der Waals surface area contributed by atoms with Crippen LogP contribution in [0, 0.1) is 6.92 Å². The van der Waals surface area contributed by atoms with Crippen molar-refractivity contribution in [2.24, 2.45) is 7.05 Å². The van der Waals surface area contributed by atoms with Gasteiger partial charge in [-0.1, -0.05) is 22.9 Å². The van der Waals surface area contributed by atoms with Crippen LogP contribution >= 0.6 is 15.9 Å². The third kappa shape index (κ3) is 2.72. The summed E-state index contributed by atoms with van der Waals surface area (Å²) >= 11 is 3.59. The monoisotopic (exact) mass is 314 g/mol. The van der Waals surface area contributed by atoms with Crippen molar-refractivity contribution in [3.05, 3.63) is 11.3 Å². The molecule has 0 aliphatic carbocycles. The number of alkyl halides is 1. The molecule has 0 atom stereocenters. The van der Waals surface area contributed by atoms with E-state index in [9.17, 15) is 0 Å². The number of hydrogen-bond acceptors (Lipinski definition) is 3. The van der Waals surface area contributed by atoms with Gasteiger partial charge in [-0.15, -0.1) is 0 Å². The fraction of sp³-hybridized carbons (Fsp3) is 0.769. The van der Waals surface area contributed by atoms with Gasteiger partial charge >= 0.3 is 0 Å². The summed E-state index contributed by atoms with van der Waals surface area (Å²) in [6, 6.07) is 0. The highest BCUT2D eigenvalue weighted by molar-refractivity contribution is 9.08. The first kappa shape index (κ1) is 13.9. The minimum Gasteiger partial charge on any atom is -0.354 e. The van der Waals surface area contributed by atoms with Crippen LogP contribution in [0.15, 0.2) is 0 Å². The van der Waals surface area contributed by atoms with Crippen LogP contribution < -0.4 is 4.90 Å². The topological polar surface area (TPSA) is 24.3 Å². The molecule has 0 aromatic carbocycles. The largest absolute Gasteiger partial charge is 0.354 e. The van der Waals surface area contributed by atoms with Crippen molar-refractivity contribution in [1.82, 2.24) is 14.7 Å². The molecule has 1 fully saturated rings. The van der Waals surface area contributed by atoms with Crippen LogP contribution in [-0.4, -0.2) is 47.4 Å². The maximum Gasteiger partial charge on any atom is 0.130 e. The van der Waals surface area contributed by atoms with Crippen molar-refractivity contribution in [3.8, 4) is 0 Å². The molecule has 0 N–H and O–H groups in total. The molecule has 5 heteroatoms. The van der Waals surface area contributed by atoms with Crippen LogP contribution in [0.5, 0.6) is 0 Å². The predicted octanol–water partition coefficient (Wildman–Crippen LogP) is 2.16. The quantitative estimate of drug-likeness (QED) is 0.796. The highest BCUT2D eigenvalue weighted by Crippen LogP contribution is 2.26. The summed E-state index contributed by atoms with van der Waals surface area (Å²) in [7, 11) is 2.05. The minimum atomic E-state index is 0.886. The van der Waals surface area contributed by atoms with E-state index in [0.29, 0.717) is 0 Å². The average Bonchev–Trinajstić information content (AvgIpc) is 2.65. The van der Waals surface area contributed by atoms with Gasteiger partial charge in [-0.3, -0.25) is 9.58 Å². The first-order valence-electron chi connectivity index (χ1n) is 6.73. The van der Waals surface area contributed by atoms with Gasteiger partial charge in [-0.2, -0.15) is 5.10 Å². The molecular formula is C13H23BrN4. The summed E-state index contributed by atoms with van der Waals surface area (Å²) in [4.78, 5) is 5.02. The van der Waals surface area contributed by atoms with Crippen LogP contribution in [0.4, 0.5) is 5.82 Å². The first-order valence-corrected chi connectivity index (χ1v) is 7.85. The number of piperazine rings is 1. The average molecular weight is 315 g/mol. The molecule has 2 rings (SSSR count). The molecule has 18 heavy (non-hydrogen) atoms. The van der Waals surface area contributed by atoms with E-state index in [1.807, 2.05) is 11.7 Å². The lowest BCUT2D eigenvalue weighted by Crippen LogP contribution is -2.47.